The third-order valence-corrected chi connectivity index (χ3v) is 2.99. The summed E-state index contributed by atoms with van der Waals surface area (Å²) < 4.78 is 5.24. The average molecular weight is 248 g/mol. The van der Waals surface area contributed by atoms with Gasteiger partial charge in [0, 0.05) is 19.3 Å². The van der Waals surface area contributed by atoms with Gasteiger partial charge < -0.3 is 10.5 Å². The predicted octanol–water partition coefficient (Wildman–Crippen LogP) is 3.42. The lowest BCUT2D eigenvalue weighted by molar-refractivity contribution is 0.140. The maximum absolute atomic E-state index is 6.05. The predicted molar refractivity (Wildman–Crippen MR) is 64.5 cm³/mol. The number of hydrogen-bond acceptors (Lipinski definition) is 2. The van der Waals surface area contributed by atoms with Crippen LogP contribution in [0.25, 0.3) is 0 Å². The Balaban J connectivity index is 2.65. The minimum absolute atomic E-state index is 0.122. The van der Waals surface area contributed by atoms with Crippen LogP contribution in [0.1, 0.15) is 24.9 Å². The third kappa shape index (κ3) is 3.65. The Hall–Kier alpha value is -0.280. The van der Waals surface area contributed by atoms with E-state index in [1.165, 1.54) is 0 Å². The van der Waals surface area contributed by atoms with Crippen molar-refractivity contribution in [3.05, 3.63) is 33.8 Å². The van der Waals surface area contributed by atoms with Gasteiger partial charge in [-0.05, 0) is 25.0 Å². The lowest BCUT2D eigenvalue weighted by atomic mass is 10.1. The lowest BCUT2D eigenvalue weighted by Crippen LogP contribution is -2.13. The van der Waals surface area contributed by atoms with Crippen molar-refractivity contribution in [1.29, 1.82) is 0 Å². The molecule has 2 nitrogen and oxygen atoms in total. The van der Waals surface area contributed by atoms with Crippen LogP contribution in [0, 0.1) is 0 Å². The minimum Gasteiger partial charge on any atom is -0.382 e. The zero-order valence-electron chi connectivity index (χ0n) is 8.67. The number of ether oxygens (including phenoxy) is 1. The summed E-state index contributed by atoms with van der Waals surface area (Å²) in [6, 6.07) is 5.38. The number of benzene rings is 1. The quantitative estimate of drug-likeness (QED) is 0.810. The molecule has 0 heterocycles. The summed E-state index contributed by atoms with van der Waals surface area (Å²) in [4.78, 5) is 0. The molecule has 0 amide bonds. The van der Waals surface area contributed by atoms with Gasteiger partial charge in [-0.15, -0.1) is 0 Å². The molecule has 1 unspecified atom stereocenters. The van der Waals surface area contributed by atoms with E-state index < -0.39 is 0 Å². The van der Waals surface area contributed by atoms with Crippen LogP contribution in [0.4, 0.5) is 0 Å². The normalized spacial score (nSPS) is 12.8. The maximum atomic E-state index is 6.05. The zero-order valence-corrected chi connectivity index (χ0v) is 10.2. The van der Waals surface area contributed by atoms with E-state index in [1.807, 2.05) is 19.1 Å². The maximum Gasteiger partial charge on any atom is 0.0640 e. The topological polar surface area (TPSA) is 35.2 Å². The summed E-state index contributed by atoms with van der Waals surface area (Å²) in [5.41, 5.74) is 6.86. The van der Waals surface area contributed by atoms with Crippen LogP contribution in [-0.2, 0) is 4.74 Å². The van der Waals surface area contributed by atoms with E-state index in [-0.39, 0.29) is 6.04 Å². The van der Waals surface area contributed by atoms with Gasteiger partial charge in [0.15, 0.2) is 0 Å². The first-order chi connectivity index (χ1) is 7.16. The summed E-state index contributed by atoms with van der Waals surface area (Å²) in [6.45, 7) is 3.30. The van der Waals surface area contributed by atoms with Gasteiger partial charge in [-0.3, -0.25) is 0 Å². The first kappa shape index (κ1) is 12.8. The molecule has 0 bridgehead atoms. The van der Waals surface area contributed by atoms with Gasteiger partial charge in [0.25, 0.3) is 0 Å². The van der Waals surface area contributed by atoms with Crippen LogP contribution in [0.3, 0.4) is 0 Å². The number of nitrogens with two attached hydrogens (primary N) is 1. The van der Waals surface area contributed by atoms with Gasteiger partial charge in [-0.1, -0.05) is 35.3 Å². The number of rotatable bonds is 5. The molecule has 0 aliphatic heterocycles. The molecule has 0 saturated carbocycles. The van der Waals surface area contributed by atoms with Crippen LogP contribution in [0.15, 0.2) is 18.2 Å². The Morgan fingerprint density at radius 3 is 2.80 bits per heavy atom. The molecule has 0 spiro atoms. The highest BCUT2D eigenvalue weighted by atomic mass is 35.5. The zero-order chi connectivity index (χ0) is 11.3. The van der Waals surface area contributed by atoms with Crippen molar-refractivity contribution in [3.63, 3.8) is 0 Å². The molecule has 1 aromatic carbocycles. The van der Waals surface area contributed by atoms with Gasteiger partial charge in [-0.25, -0.2) is 0 Å². The first-order valence-electron chi connectivity index (χ1n) is 4.94. The molecule has 0 fully saturated rings. The van der Waals surface area contributed by atoms with Gasteiger partial charge >= 0.3 is 0 Å². The number of hydrogen-bond donors (Lipinski definition) is 1. The second-order valence-electron chi connectivity index (χ2n) is 3.24. The van der Waals surface area contributed by atoms with Crippen molar-refractivity contribution in [2.24, 2.45) is 5.73 Å². The SMILES string of the molecule is CCOCCC(N)c1cccc(Cl)c1Cl. The van der Waals surface area contributed by atoms with E-state index in [1.54, 1.807) is 6.07 Å². The molecule has 84 valence electrons. The summed E-state index contributed by atoms with van der Waals surface area (Å²) in [5.74, 6) is 0. The van der Waals surface area contributed by atoms with Crippen LogP contribution < -0.4 is 5.73 Å². The van der Waals surface area contributed by atoms with E-state index in [4.69, 9.17) is 33.7 Å². The molecule has 0 aliphatic carbocycles. The van der Waals surface area contributed by atoms with Crippen molar-refractivity contribution < 1.29 is 4.74 Å². The van der Waals surface area contributed by atoms with Crippen LogP contribution in [0.5, 0.6) is 0 Å². The van der Waals surface area contributed by atoms with Crippen LogP contribution >= 0.6 is 23.2 Å². The summed E-state index contributed by atoms with van der Waals surface area (Å²) in [7, 11) is 0. The molecule has 2 N–H and O–H groups in total. The molecule has 0 saturated heterocycles. The molecule has 15 heavy (non-hydrogen) atoms. The smallest absolute Gasteiger partial charge is 0.0640 e. The summed E-state index contributed by atoms with van der Waals surface area (Å²) in [5, 5.41) is 1.09. The molecule has 0 radical (unpaired) electrons. The van der Waals surface area contributed by atoms with Crippen molar-refractivity contribution in [2.45, 2.75) is 19.4 Å². The van der Waals surface area contributed by atoms with Crippen LogP contribution in [0.2, 0.25) is 10.0 Å². The molecule has 1 aromatic rings. The molecular weight excluding hydrogens is 233 g/mol. The average Bonchev–Trinajstić information content (AvgIpc) is 2.22. The Bertz CT molecular complexity index is 317. The van der Waals surface area contributed by atoms with Crippen LogP contribution in [-0.4, -0.2) is 13.2 Å². The highest BCUT2D eigenvalue weighted by Crippen LogP contribution is 2.30. The third-order valence-electron chi connectivity index (χ3n) is 2.16. The molecule has 1 atom stereocenters. The summed E-state index contributed by atoms with van der Waals surface area (Å²) >= 11 is 11.9. The van der Waals surface area contributed by atoms with Crippen molar-refractivity contribution in [2.75, 3.05) is 13.2 Å². The van der Waals surface area contributed by atoms with Crippen molar-refractivity contribution in [1.82, 2.24) is 0 Å². The highest BCUT2D eigenvalue weighted by molar-refractivity contribution is 6.42. The van der Waals surface area contributed by atoms with Gasteiger partial charge in [-0.2, -0.15) is 0 Å². The van der Waals surface area contributed by atoms with E-state index in [2.05, 4.69) is 0 Å². The standard InChI is InChI=1S/C11H15Cl2NO/c1-2-15-7-6-10(14)8-4-3-5-9(12)11(8)13/h3-5,10H,2,6-7,14H2,1H3. The first-order valence-corrected chi connectivity index (χ1v) is 5.69. The second kappa shape index (κ2) is 6.33. The van der Waals surface area contributed by atoms with E-state index in [9.17, 15) is 0 Å². The second-order valence-corrected chi connectivity index (χ2v) is 4.02. The molecule has 0 aliphatic rings. The van der Waals surface area contributed by atoms with E-state index in [0.29, 0.717) is 23.3 Å². The Morgan fingerprint density at radius 1 is 1.40 bits per heavy atom. The molecule has 1 rings (SSSR count). The summed E-state index contributed by atoms with van der Waals surface area (Å²) in [6.07, 6.45) is 0.744. The molecular formula is C11H15Cl2NO. The van der Waals surface area contributed by atoms with Crippen molar-refractivity contribution >= 4 is 23.2 Å². The Kier molecular flexibility index (Phi) is 5.40. The Morgan fingerprint density at radius 2 is 2.13 bits per heavy atom. The monoisotopic (exact) mass is 247 g/mol. The van der Waals surface area contributed by atoms with Gasteiger partial charge in [0.1, 0.15) is 0 Å². The van der Waals surface area contributed by atoms with Crippen molar-refractivity contribution in [3.8, 4) is 0 Å². The van der Waals surface area contributed by atoms with Gasteiger partial charge in [0.05, 0.1) is 10.0 Å². The van der Waals surface area contributed by atoms with Gasteiger partial charge in [0.2, 0.25) is 0 Å². The lowest BCUT2D eigenvalue weighted by Gasteiger charge is -2.14. The fourth-order valence-electron chi connectivity index (χ4n) is 1.32. The fraction of sp³-hybridized carbons (Fsp3) is 0.455. The van der Waals surface area contributed by atoms with E-state index in [0.717, 1.165) is 12.0 Å². The Labute approximate surface area is 100 Å². The molecule has 0 aromatic heterocycles. The highest BCUT2D eigenvalue weighted by Gasteiger charge is 2.11. The molecule has 4 heteroatoms. The largest absolute Gasteiger partial charge is 0.382 e. The minimum atomic E-state index is -0.122. The number of halogens is 2. The van der Waals surface area contributed by atoms with E-state index >= 15 is 0 Å². The fourth-order valence-corrected chi connectivity index (χ4v) is 1.76.